The summed E-state index contributed by atoms with van der Waals surface area (Å²) in [4.78, 5) is 0. The molecule has 84 valence electrons. The van der Waals surface area contributed by atoms with Crippen LogP contribution in [0.5, 0.6) is 5.75 Å². The molecule has 3 nitrogen and oxygen atoms in total. The third kappa shape index (κ3) is 2.04. The van der Waals surface area contributed by atoms with Gasteiger partial charge in [0.1, 0.15) is 5.75 Å². The van der Waals surface area contributed by atoms with Crippen LogP contribution in [0.15, 0.2) is 30.5 Å². The first-order valence-electron chi connectivity index (χ1n) is 5.23. The van der Waals surface area contributed by atoms with Crippen molar-refractivity contribution in [3.05, 3.63) is 35.5 Å². The minimum Gasteiger partial charge on any atom is -0.506 e. The number of phenolic OH excluding ortho intramolecular Hbond substituents is 1. The van der Waals surface area contributed by atoms with Crippen LogP contribution in [0.3, 0.4) is 0 Å². The molecule has 0 aliphatic heterocycles. The smallest absolute Gasteiger partial charge is 0.134 e. The van der Waals surface area contributed by atoms with Crippen LogP contribution in [0.25, 0.3) is 11.3 Å². The number of hydrogen-bond donors (Lipinski definition) is 1. The Morgan fingerprint density at radius 2 is 2.19 bits per heavy atom. The molecule has 0 aliphatic carbocycles. The Morgan fingerprint density at radius 3 is 2.88 bits per heavy atom. The van der Waals surface area contributed by atoms with E-state index in [-0.39, 0.29) is 5.75 Å². The van der Waals surface area contributed by atoms with E-state index in [0.29, 0.717) is 5.02 Å². The van der Waals surface area contributed by atoms with Crippen molar-refractivity contribution in [1.82, 2.24) is 9.78 Å². The lowest BCUT2D eigenvalue weighted by atomic mass is 10.1. The Kier molecular flexibility index (Phi) is 3.15. The van der Waals surface area contributed by atoms with Crippen molar-refractivity contribution in [2.45, 2.75) is 19.9 Å². The SMILES string of the molecule is CCCn1nccc1-c1ccc(O)c(Cl)c1. The van der Waals surface area contributed by atoms with Crippen LogP contribution in [0.2, 0.25) is 5.02 Å². The number of nitrogens with zero attached hydrogens (tertiary/aromatic N) is 2. The van der Waals surface area contributed by atoms with Crippen LogP contribution in [0, 0.1) is 0 Å². The Balaban J connectivity index is 2.42. The third-order valence-corrected chi connectivity index (χ3v) is 2.70. The molecule has 0 unspecified atom stereocenters. The van der Waals surface area contributed by atoms with Crippen molar-refractivity contribution in [3.63, 3.8) is 0 Å². The van der Waals surface area contributed by atoms with Gasteiger partial charge in [-0.2, -0.15) is 5.10 Å². The molecule has 2 aromatic rings. The van der Waals surface area contributed by atoms with Crippen molar-refractivity contribution in [3.8, 4) is 17.0 Å². The fourth-order valence-corrected chi connectivity index (χ4v) is 1.81. The number of aryl methyl sites for hydroxylation is 1. The molecule has 0 amide bonds. The number of rotatable bonds is 3. The highest BCUT2D eigenvalue weighted by Crippen LogP contribution is 2.29. The minimum absolute atomic E-state index is 0.104. The number of halogens is 1. The van der Waals surface area contributed by atoms with Gasteiger partial charge in [-0.1, -0.05) is 18.5 Å². The van der Waals surface area contributed by atoms with Gasteiger partial charge in [0.05, 0.1) is 10.7 Å². The van der Waals surface area contributed by atoms with Gasteiger partial charge in [-0.3, -0.25) is 4.68 Å². The highest BCUT2D eigenvalue weighted by Gasteiger charge is 2.07. The minimum atomic E-state index is 0.104. The maximum Gasteiger partial charge on any atom is 0.134 e. The van der Waals surface area contributed by atoms with Gasteiger partial charge in [0.2, 0.25) is 0 Å². The van der Waals surface area contributed by atoms with Crippen LogP contribution in [0.4, 0.5) is 0 Å². The van der Waals surface area contributed by atoms with Crippen LogP contribution >= 0.6 is 11.6 Å². The number of aromatic hydroxyl groups is 1. The number of hydrogen-bond acceptors (Lipinski definition) is 2. The summed E-state index contributed by atoms with van der Waals surface area (Å²) in [5.74, 6) is 0.104. The summed E-state index contributed by atoms with van der Waals surface area (Å²) in [6.07, 6.45) is 2.80. The fourth-order valence-electron chi connectivity index (χ4n) is 1.63. The van der Waals surface area contributed by atoms with Gasteiger partial charge in [-0.05, 0) is 30.7 Å². The van der Waals surface area contributed by atoms with Crippen LogP contribution < -0.4 is 0 Å². The number of phenols is 1. The quantitative estimate of drug-likeness (QED) is 0.888. The fraction of sp³-hybridized carbons (Fsp3) is 0.250. The Morgan fingerprint density at radius 1 is 1.38 bits per heavy atom. The molecule has 0 aliphatic rings. The second-order valence-electron chi connectivity index (χ2n) is 3.61. The monoisotopic (exact) mass is 236 g/mol. The van der Waals surface area contributed by atoms with Gasteiger partial charge in [0.15, 0.2) is 0 Å². The van der Waals surface area contributed by atoms with Gasteiger partial charge in [0, 0.05) is 18.3 Å². The van der Waals surface area contributed by atoms with Crippen molar-refractivity contribution in [2.75, 3.05) is 0 Å². The van der Waals surface area contributed by atoms with Gasteiger partial charge >= 0.3 is 0 Å². The molecule has 0 saturated heterocycles. The summed E-state index contributed by atoms with van der Waals surface area (Å²) in [7, 11) is 0. The van der Waals surface area contributed by atoms with E-state index in [1.54, 1.807) is 18.3 Å². The van der Waals surface area contributed by atoms with E-state index in [0.717, 1.165) is 24.2 Å². The maximum absolute atomic E-state index is 9.36. The number of benzene rings is 1. The highest BCUT2D eigenvalue weighted by molar-refractivity contribution is 6.32. The zero-order valence-electron chi connectivity index (χ0n) is 9.02. The molecule has 1 aromatic carbocycles. The molecular weight excluding hydrogens is 224 g/mol. The van der Waals surface area contributed by atoms with Gasteiger partial charge in [-0.15, -0.1) is 0 Å². The average Bonchev–Trinajstić information content (AvgIpc) is 2.71. The molecule has 2 rings (SSSR count). The summed E-state index contributed by atoms with van der Waals surface area (Å²) in [5, 5.41) is 14.0. The van der Waals surface area contributed by atoms with Crippen LogP contribution in [0.1, 0.15) is 13.3 Å². The summed E-state index contributed by atoms with van der Waals surface area (Å²) in [6.45, 7) is 2.98. The standard InChI is InChI=1S/C12H13ClN2O/c1-2-7-15-11(5-6-14-15)9-3-4-12(16)10(13)8-9/h3-6,8,16H,2,7H2,1H3. The first kappa shape index (κ1) is 11.0. The molecule has 1 heterocycles. The highest BCUT2D eigenvalue weighted by atomic mass is 35.5. The first-order chi connectivity index (χ1) is 7.72. The molecule has 0 atom stereocenters. The van der Waals surface area contributed by atoms with E-state index in [2.05, 4.69) is 12.0 Å². The van der Waals surface area contributed by atoms with E-state index in [1.165, 1.54) is 0 Å². The third-order valence-electron chi connectivity index (χ3n) is 2.40. The molecule has 0 spiro atoms. The largest absolute Gasteiger partial charge is 0.506 e. The van der Waals surface area contributed by atoms with Gasteiger partial charge in [0.25, 0.3) is 0 Å². The molecule has 1 aromatic heterocycles. The molecule has 0 saturated carbocycles. The van der Waals surface area contributed by atoms with E-state index in [1.807, 2.05) is 16.8 Å². The van der Waals surface area contributed by atoms with E-state index in [9.17, 15) is 5.11 Å². The average molecular weight is 237 g/mol. The normalized spacial score (nSPS) is 10.6. The van der Waals surface area contributed by atoms with Crippen molar-refractivity contribution >= 4 is 11.6 Å². The Hall–Kier alpha value is -1.48. The lowest BCUT2D eigenvalue weighted by molar-refractivity contribution is 0.475. The maximum atomic E-state index is 9.36. The summed E-state index contributed by atoms with van der Waals surface area (Å²) >= 11 is 5.88. The molecular formula is C12H13ClN2O. The van der Waals surface area contributed by atoms with Crippen LogP contribution in [-0.4, -0.2) is 14.9 Å². The summed E-state index contributed by atoms with van der Waals surface area (Å²) in [6, 6.07) is 7.13. The molecule has 16 heavy (non-hydrogen) atoms. The second kappa shape index (κ2) is 4.58. The summed E-state index contributed by atoms with van der Waals surface area (Å²) < 4.78 is 1.93. The zero-order valence-corrected chi connectivity index (χ0v) is 9.78. The van der Waals surface area contributed by atoms with Gasteiger partial charge < -0.3 is 5.11 Å². The van der Waals surface area contributed by atoms with Crippen molar-refractivity contribution < 1.29 is 5.11 Å². The van der Waals surface area contributed by atoms with E-state index >= 15 is 0 Å². The van der Waals surface area contributed by atoms with E-state index in [4.69, 9.17) is 11.6 Å². The predicted molar refractivity (Wildman–Crippen MR) is 64.6 cm³/mol. The topological polar surface area (TPSA) is 38.0 Å². The molecule has 0 radical (unpaired) electrons. The lowest BCUT2D eigenvalue weighted by Crippen LogP contribution is -2.00. The van der Waals surface area contributed by atoms with Crippen molar-refractivity contribution in [2.24, 2.45) is 0 Å². The molecule has 0 bridgehead atoms. The number of aromatic nitrogens is 2. The molecule has 1 N–H and O–H groups in total. The molecule has 0 fully saturated rings. The predicted octanol–water partition coefficient (Wildman–Crippen LogP) is 3.32. The van der Waals surface area contributed by atoms with Crippen LogP contribution in [-0.2, 0) is 6.54 Å². The van der Waals surface area contributed by atoms with Gasteiger partial charge in [-0.25, -0.2) is 0 Å². The first-order valence-corrected chi connectivity index (χ1v) is 5.61. The lowest BCUT2D eigenvalue weighted by Gasteiger charge is -2.07. The Labute approximate surface area is 99.3 Å². The Bertz CT molecular complexity index is 494. The van der Waals surface area contributed by atoms with Crippen molar-refractivity contribution in [1.29, 1.82) is 0 Å². The molecule has 4 heteroatoms. The summed E-state index contributed by atoms with van der Waals surface area (Å²) in [5.41, 5.74) is 1.98. The van der Waals surface area contributed by atoms with E-state index < -0.39 is 0 Å². The zero-order chi connectivity index (χ0) is 11.5. The second-order valence-corrected chi connectivity index (χ2v) is 4.01.